The van der Waals surface area contributed by atoms with Crippen molar-refractivity contribution < 1.29 is 19.2 Å². The fraction of sp³-hybridized carbons (Fsp3) is 0.360. The molecule has 2 aromatic rings. The predicted molar refractivity (Wildman–Crippen MR) is 117 cm³/mol. The number of hydrogen-bond donors (Lipinski definition) is 0. The molecule has 1 aliphatic heterocycles. The van der Waals surface area contributed by atoms with Crippen molar-refractivity contribution >= 4 is 34.9 Å². The average Bonchev–Trinajstić information content (AvgIpc) is 3.04. The molecule has 31 heavy (non-hydrogen) atoms. The minimum Gasteiger partial charge on any atom is -0.324 e. The van der Waals surface area contributed by atoms with E-state index in [-0.39, 0.29) is 29.7 Å². The molecular formula is C25H24ClNO4. The molecule has 5 nitrogen and oxygen atoms in total. The zero-order valence-electron chi connectivity index (χ0n) is 17.4. The molecule has 6 heteroatoms. The topological polar surface area (TPSA) is 71.5 Å². The van der Waals surface area contributed by atoms with Gasteiger partial charge in [-0.15, -0.1) is 0 Å². The van der Waals surface area contributed by atoms with Crippen LogP contribution in [-0.4, -0.2) is 34.2 Å². The normalized spacial score (nSPS) is 18.5. The summed E-state index contributed by atoms with van der Waals surface area (Å²) >= 11 is 5.98. The van der Waals surface area contributed by atoms with Crippen LogP contribution in [0.2, 0.25) is 5.02 Å². The van der Waals surface area contributed by atoms with E-state index in [0.717, 1.165) is 22.3 Å². The van der Waals surface area contributed by atoms with Gasteiger partial charge in [-0.3, -0.25) is 19.2 Å². The first-order valence-corrected chi connectivity index (χ1v) is 10.9. The van der Waals surface area contributed by atoms with Crippen LogP contribution in [0.1, 0.15) is 58.3 Å². The zero-order valence-corrected chi connectivity index (χ0v) is 18.2. The average molecular weight is 438 g/mol. The number of aryl methyl sites for hydroxylation is 2. The van der Waals surface area contributed by atoms with Crippen molar-refractivity contribution in [3.8, 4) is 0 Å². The van der Waals surface area contributed by atoms with Gasteiger partial charge in [0.1, 0.15) is 11.6 Å². The molecule has 0 spiro atoms. The standard InChI is InChI=1S/C25H24ClNO4/c1-15-10-19(26)5-4-17(15)12-20(28)6-2-16-3-8-22-18(11-16)14-27(25(22)31)23-9-7-21(29)13-24(23)30/h3-5,8,10-11,23H,2,6-7,9,12-14H2,1H3. The molecule has 2 aliphatic rings. The minimum atomic E-state index is -0.509. The van der Waals surface area contributed by atoms with Gasteiger partial charge in [0.25, 0.3) is 5.91 Å². The smallest absolute Gasteiger partial charge is 0.255 e. The molecule has 160 valence electrons. The molecule has 1 unspecified atom stereocenters. The predicted octanol–water partition coefficient (Wildman–Crippen LogP) is 4.04. The second-order valence-electron chi connectivity index (χ2n) is 8.45. The number of rotatable bonds is 6. The molecule has 1 fully saturated rings. The van der Waals surface area contributed by atoms with Crippen LogP contribution in [0.4, 0.5) is 0 Å². The van der Waals surface area contributed by atoms with Crippen LogP contribution in [-0.2, 0) is 33.8 Å². The van der Waals surface area contributed by atoms with Gasteiger partial charge in [0.05, 0.1) is 12.5 Å². The summed E-state index contributed by atoms with van der Waals surface area (Å²) < 4.78 is 0. The maximum absolute atomic E-state index is 12.8. The summed E-state index contributed by atoms with van der Waals surface area (Å²) in [6, 6.07) is 10.7. The fourth-order valence-corrected chi connectivity index (χ4v) is 4.66. The maximum Gasteiger partial charge on any atom is 0.255 e. The van der Waals surface area contributed by atoms with Gasteiger partial charge in [-0.1, -0.05) is 29.8 Å². The summed E-state index contributed by atoms with van der Waals surface area (Å²) in [4.78, 5) is 50.6. The third-order valence-corrected chi connectivity index (χ3v) is 6.44. The number of fused-ring (bicyclic) bond motifs is 1. The highest BCUT2D eigenvalue weighted by Gasteiger charge is 2.38. The van der Waals surface area contributed by atoms with Gasteiger partial charge in [0, 0.05) is 36.4 Å². The Morgan fingerprint density at radius 2 is 1.94 bits per heavy atom. The van der Waals surface area contributed by atoms with Crippen LogP contribution in [0.15, 0.2) is 36.4 Å². The third-order valence-electron chi connectivity index (χ3n) is 6.20. The first kappa shape index (κ1) is 21.4. The monoisotopic (exact) mass is 437 g/mol. The van der Waals surface area contributed by atoms with E-state index >= 15 is 0 Å². The summed E-state index contributed by atoms with van der Waals surface area (Å²) in [5.74, 6) is -0.212. The summed E-state index contributed by atoms with van der Waals surface area (Å²) in [6.45, 7) is 2.33. The van der Waals surface area contributed by atoms with Crippen LogP contribution in [0.25, 0.3) is 0 Å². The second kappa shape index (κ2) is 8.75. The van der Waals surface area contributed by atoms with Crippen LogP contribution in [0.3, 0.4) is 0 Å². The lowest BCUT2D eigenvalue weighted by atomic mass is 9.92. The first-order valence-electron chi connectivity index (χ1n) is 10.6. The summed E-state index contributed by atoms with van der Waals surface area (Å²) in [5.41, 5.74) is 4.49. The lowest BCUT2D eigenvalue weighted by Gasteiger charge is -2.29. The Morgan fingerprint density at radius 1 is 1.13 bits per heavy atom. The summed E-state index contributed by atoms with van der Waals surface area (Å²) in [6.07, 6.45) is 2.07. The Hall–Kier alpha value is -2.79. The Bertz CT molecular complexity index is 1090. The zero-order chi connectivity index (χ0) is 22.1. The summed E-state index contributed by atoms with van der Waals surface area (Å²) in [5, 5.41) is 0.664. The van der Waals surface area contributed by atoms with Crippen LogP contribution in [0, 0.1) is 6.92 Å². The number of nitrogens with zero attached hydrogens (tertiary/aromatic N) is 1. The molecular weight excluding hydrogens is 414 g/mol. The molecule has 1 amide bonds. The number of hydrogen-bond acceptors (Lipinski definition) is 4. The molecule has 0 N–H and O–H groups in total. The third kappa shape index (κ3) is 4.62. The Morgan fingerprint density at radius 3 is 2.68 bits per heavy atom. The molecule has 1 aliphatic carbocycles. The van der Waals surface area contributed by atoms with Crippen LogP contribution in [0.5, 0.6) is 0 Å². The molecule has 2 aromatic carbocycles. The number of ketones is 3. The van der Waals surface area contributed by atoms with E-state index in [1.165, 1.54) is 0 Å². The fourth-order valence-electron chi connectivity index (χ4n) is 4.43. The van der Waals surface area contributed by atoms with Crippen molar-refractivity contribution in [3.05, 3.63) is 69.2 Å². The minimum absolute atomic E-state index is 0.0499. The van der Waals surface area contributed by atoms with Gasteiger partial charge < -0.3 is 4.90 Å². The molecule has 1 heterocycles. The Kier molecular flexibility index (Phi) is 6.05. The molecule has 0 saturated heterocycles. The first-order chi connectivity index (χ1) is 14.8. The SMILES string of the molecule is Cc1cc(Cl)ccc1CC(=O)CCc1ccc2c(c1)CN(C1CCC(=O)CC1=O)C2=O. The highest BCUT2D eigenvalue weighted by atomic mass is 35.5. The molecule has 4 rings (SSSR count). The number of halogens is 1. The number of benzene rings is 2. The Labute approximate surface area is 186 Å². The number of Topliss-reactive ketones (excluding diaryl/α,β-unsaturated/α-hetero) is 3. The molecule has 1 saturated carbocycles. The van der Waals surface area contributed by atoms with Crippen LogP contribution >= 0.6 is 11.6 Å². The Balaban J connectivity index is 1.38. The van der Waals surface area contributed by atoms with Crippen LogP contribution < -0.4 is 0 Å². The molecule has 0 radical (unpaired) electrons. The van der Waals surface area contributed by atoms with Gasteiger partial charge >= 0.3 is 0 Å². The highest BCUT2D eigenvalue weighted by molar-refractivity contribution is 6.30. The summed E-state index contributed by atoms with van der Waals surface area (Å²) in [7, 11) is 0. The lowest BCUT2D eigenvalue weighted by molar-refractivity contribution is -0.133. The maximum atomic E-state index is 12.8. The van der Waals surface area contributed by atoms with Crippen molar-refractivity contribution in [2.75, 3.05) is 0 Å². The van der Waals surface area contributed by atoms with Gasteiger partial charge in [-0.25, -0.2) is 0 Å². The second-order valence-corrected chi connectivity index (χ2v) is 8.88. The van der Waals surface area contributed by atoms with Crippen molar-refractivity contribution in [3.63, 3.8) is 0 Å². The number of carbonyl (C=O) groups is 4. The van der Waals surface area contributed by atoms with Gasteiger partial charge in [0.15, 0.2) is 5.78 Å². The molecule has 0 bridgehead atoms. The van der Waals surface area contributed by atoms with E-state index in [2.05, 4.69) is 0 Å². The van der Waals surface area contributed by atoms with Gasteiger partial charge in [-0.05, 0) is 60.2 Å². The number of amides is 1. The molecule has 1 atom stereocenters. The largest absolute Gasteiger partial charge is 0.324 e. The van der Waals surface area contributed by atoms with Gasteiger partial charge in [0.2, 0.25) is 0 Å². The van der Waals surface area contributed by atoms with Crippen molar-refractivity contribution in [2.45, 2.75) is 58.0 Å². The van der Waals surface area contributed by atoms with E-state index in [1.54, 1.807) is 17.0 Å². The quantitative estimate of drug-likeness (QED) is 0.639. The highest BCUT2D eigenvalue weighted by Crippen LogP contribution is 2.30. The van der Waals surface area contributed by atoms with Crippen molar-refractivity contribution in [2.24, 2.45) is 0 Å². The van der Waals surface area contributed by atoms with E-state index in [1.807, 2.05) is 31.2 Å². The van der Waals surface area contributed by atoms with Gasteiger partial charge in [-0.2, -0.15) is 0 Å². The van der Waals surface area contributed by atoms with E-state index < -0.39 is 6.04 Å². The number of carbonyl (C=O) groups excluding carboxylic acids is 4. The van der Waals surface area contributed by atoms with Crippen molar-refractivity contribution in [1.29, 1.82) is 0 Å². The lowest BCUT2D eigenvalue weighted by Crippen LogP contribution is -2.44. The van der Waals surface area contributed by atoms with Crippen molar-refractivity contribution in [1.82, 2.24) is 4.90 Å². The molecule has 0 aromatic heterocycles. The van der Waals surface area contributed by atoms with E-state index in [4.69, 9.17) is 11.6 Å². The van der Waals surface area contributed by atoms with E-state index in [0.29, 0.717) is 49.2 Å². The van der Waals surface area contributed by atoms with E-state index in [9.17, 15) is 19.2 Å².